The van der Waals surface area contributed by atoms with Gasteiger partial charge in [0.1, 0.15) is 12.2 Å². The lowest BCUT2D eigenvalue weighted by Gasteiger charge is -2.34. The highest BCUT2D eigenvalue weighted by Gasteiger charge is 2.28. The van der Waals surface area contributed by atoms with Gasteiger partial charge in [0.2, 0.25) is 0 Å². The van der Waals surface area contributed by atoms with Gasteiger partial charge in [-0.1, -0.05) is 27.7 Å². The molecule has 2 N–H and O–H groups in total. The third-order valence-corrected chi connectivity index (χ3v) is 7.19. The first kappa shape index (κ1) is 30.2. The van der Waals surface area contributed by atoms with Crippen molar-refractivity contribution >= 4 is 17.7 Å². The Hall–Kier alpha value is -1.85. The van der Waals surface area contributed by atoms with E-state index in [0.717, 1.165) is 19.3 Å². The van der Waals surface area contributed by atoms with Crippen molar-refractivity contribution in [1.29, 1.82) is 0 Å². The molecule has 0 saturated heterocycles. The van der Waals surface area contributed by atoms with E-state index in [4.69, 9.17) is 15.2 Å². The van der Waals surface area contributed by atoms with Crippen LogP contribution < -0.4 is 5.73 Å². The summed E-state index contributed by atoms with van der Waals surface area (Å²) in [6.07, 6.45) is 12.3. The molecular weight excluding hydrogens is 430 g/mol. The topological polar surface area (TPSA) is 95.7 Å². The van der Waals surface area contributed by atoms with Gasteiger partial charge in [-0.2, -0.15) is 0 Å². The number of nitrogens with two attached hydrogens (primary N) is 1. The van der Waals surface area contributed by atoms with E-state index in [0.29, 0.717) is 48.0 Å². The minimum absolute atomic E-state index is 0.0353. The third-order valence-electron chi connectivity index (χ3n) is 7.19. The second-order valence-corrected chi connectivity index (χ2v) is 11.6. The Morgan fingerprint density at radius 2 is 1.24 bits per heavy atom. The smallest absolute Gasteiger partial charge is 0.332 e. The van der Waals surface area contributed by atoms with Crippen LogP contribution in [0.1, 0.15) is 112 Å². The third kappa shape index (κ3) is 13.1. The highest BCUT2D eigenvalue weighted by atomic mass is 16.5. The van der Waals surface area contributed by atoms with Crippen molar-refractivity contribution in [3.63, 3.8) is 0 Å². The Morgan fingerprint density at radius 1 is 0.794 bits per heavy atom. The van der Waals surface area contributed by atoms with Crippen LogP contribution in [0.3, 0.4) is 0 Å². The van der Waals surface area contributed by atoms with Crippen molar-refractivity contribution in [2.75, 3.05) is 13.2 Å². The molecule has 6 nitrogen and oxygen atoms in total. The molecular formula is C28H49NO5. The predicted molar refractivity (Wildman–Crippen MR) is 136 cm³/mol. The molecule has 2 aliphatic carbocycles. The van der Waals surface area contributed by atoms with Crippen molar-refractivity contribution in [1.82, 2.24) is 0 Å². The number of hydrogen-bond acceptors (Lipinski definition) is 6. The van der Waals surface area contributed by atoms with Gasteiger partial charge >= 0.3 is 11.9 Å². The number of esters is 2. The molecule has 0 aromatic rings. The maximum atomic E-state index is 11.7. The highest BCUT2D eigenvalue weighted by molar-refractivity contribution is 5.95. The number of hydrogen-bond donors (Lipinski definition) is 1. The number of ketones is 1. The maximum Gasteiger partial charge on any atom is 0.332 e. The fraction of sp³-hybridized carbons (Fsp3) is 0.821. The molecule has 0 spiro atoms. The van der Waals surface area contributed by atoms with Gasteiger partial charge in [-0.05, 0) is 94.3 Å². The molecule has 2 rings (SSSR count). The molecule has 0 unspecified atom stereocenters. The normalized spacial score (nSPS) is 20.6. The second-order valence-electron chi connectivity index (χ2n) is 11.6. The van der Waals surface area contributed by atoms with Crippen molar-refractivity contribution < 1.29 is 23.9 Å². The van der Waals surface area contributed by atoms with E-state index in [-0.39, 0.29) is 24.1 Å². The van der Waals surface area contributed by atoms with Gasteiger partial charge in [-0.25, -0.2) is 4.79 Å². The van der Waals surface area contributed by atoms with Crippen LogP contribution in [0, 0.1) is 22.7 Å². The van der Waals surface area contributed by atoms with Crippen LogP contribution in [-0.4, -0.2) is 30.9 Å². The average molecular weight is 480 g/mol. The average Bonchev–Trinajstić information content (AvgIpc) is 2.72. The summed E-state index contributed by atoms with van der Waals surface area (Å²) in [5.41, 5.74) is 7.44. The molecule has 0 aliphatic heterocycles. The summed E-state index contributed by atoms with van der Waals surface area (Å²) in [7, 11) is 0. The Bertz CT molecular complexity index is 675. The predicted octanol–water partition coefficient (Wildman–Crippen LogP) is 6.11. The maximum absolute atomic E-state index is 11.7. The van der Waals surface area contributed by atoms with Gasteiger partial charge in [0, 0.05) is 18.2 Å². The van der Waals surface area contributed by atoms with E-state index in [2.05, 4.69) is 27.7 Å². The van der Waals surface area contributed by atoms with Gasteiger partial charge in [-0.3, -0.25) is 9.59 Å². The summed E-state index contributed by atoms with van der Waals surface area (Å²) in [6, 6.07) is 0. The van der Waals surface area contributed by atoms with Gasteiger partial charge < -0.3 is 15.2 Å². The standard InChI is InChI=1S/C14H25NO2.C14H24O3/c2*1-4-17-13(16)10-12(15)9-11-5-7-14(2,3)8-6-11/h10-11H,4-9,15H2,1-3H3;11H,4-10H2,1-3H3/b12-10+;. The molecule has 0 bridgehead atoms. The number of carbonyl (C=O) groups is 3. The van der Waals surface area contributed by atoms with Crippen LogP contribution in [0.2, 0.25) is 0 Å². The molecule has 34 heavy (non-hydrogen) atoms. The Morgan fingerprint density at radius 3 is 1.68 bits per heavy atom. The number of allylic oxidation sites excluding steroid dienone is 1. The van der Waals surface area contributed by atoms with Crippen LogP contribution >= 0.6 is 0 Å². The lowest BCUT2D eigenvalue weighted by Crippen LogP contribution is -2.23. The summed E-state index contributed by atoms with van der Waals surface area (Å²) < 4.78 is 9.61. The molecule has 196 valence electrons. The Labute approximate surface area is 207 Å². The van der Waals surface area contributed by atoms with Crippen molar-refractivity contribution in [2.24, 2.45) is 28.4 Å². The van der Waals surface area contributed by atoms with E-state index < -0.39 is 0 Å². The molecule has 0 amide bonds. The van der Waals surface area contributed by atoms with E-state index in [1.807, 2.05) is 0 Å². The van der Waals surface area contributed by atoms with Gasteiger partial charge in [0.25, 0.3) is 0 Å². The molecule has 2 saturated carbocycles. The quantitative estimate of drug-likeness (QED) is 0.243. The second kappa shape index (κ2) is 14.5. The Kier molecular flexibility index (Phi) is 12.9. The van der Waals surface area contributed by atoms with Crippen LogP contribution in [0.5, 0.6) is 0 Å². The Balaban J connectivity index is 0.000000340. The summed E-state index contributed by atoms with van der Waals surface area (Å²) in [6.45, 7) is 13.5. The minimum atomic E-state index is -0.381. The molecule has 2 fully saturated rings. The van der Waals surface area contributed by atoms with Gasteiger partial charge in [0.05, 0.1) is 13.2 Å². The molecule has 0 aromatic heterocycles. The van der Waals surface area contributed by atoms with E-state index >= 15 is 0 Å². The van der Waals surface area contributed by atoms with E-state index in [1.54, 1.807) is 13.8 Å². The first-order valence-corrected chi connectivity index (χ1v) is 13.2. The monoisotopic (exact) mass is 479 g/mol. The van der Waals surface area contributed by atoms with Crippen molar-refractivity contribution in [3.05, 3.63) is 11.8 Å². The first-order valence-electron chi connectivity index (χ1n) is 13.2. The summed E-state index contributed by atoms with van der Waals surface area (Å²) >= 11 is 0. The lowest BCUT2D eigenvalue weighted by atomic mass is 9.72. The molecule has 0 aromatic carbocycles. The number of Topliss-reactive ketones (excluding diaryl/α,β-unsaturated/α-hetero) is 1. The van der Waals surface area contributed by atoms with Gasteiger partial charge in [-0.15, -0.1) is 0 Å². The summed E-state index contributed by atoms with van der Waals surface area (Å²) in [5.74, 6) is 0.446. The summed E-state index contributed by atoms with van der Waals surface area (Å²) in [5, 5.41) is 0. The molecule has 0 radical (unpaired) electrons. The molecule has 0 heterocycles. The zero-order chi connectivity index (χ0) is 25.8. The molecule has 0 atom stereocenters. The fourth-order valence-electron chi connectivity index (χ4n) is 4.82. The highest BCUT2D eigenvalue weighted by Crippen LogP contribution is 2.40. The number of ether oxygens (including phenoxy) is 2. The first-order chi connectivity index (χ1) is 15.9. The zero-order valence-corrected chi connectivity index (χ0v) is 22.5. The van der Waals surface area contributed by atoms with Crippen LogP contribution in [0.15, 0.2) is 11.8 Å². The van der Waals surface area contributed by atoms with Crippen LogP contribution in [-0.2, 0) is 23.9 Å². The minimum Gasteiger partial charge on any atom is -0.466 e. The largest absolute Gasteiger partial charge is 0.466 e. The molecule has 6 heteroatoms. The number of carbonyl (C=O) groups excluding carboxylic acids is 3. The van der Waals surface area contributed by atoms with Crippen molar-refractivity contribution in [3.8, 4) is 0 Å². The zero-order valence-electron chi connectivity index (χ0n) is 22.5. The van der Waals surface area contributed by atoms with Crippen LogP contribution in [0.25, 0.3) is 0 Å². The van der Waals surface area contributed by atoms with Crippen molar-refractivity contribution in [2.45, 2.75) is 112 Å². The van der Waals surface area contributed by atoms with Crippen LogP contribution in [0.4, 0.5) is 0 Å². The number of rotatable bonds is 9. The van der Waals surface area contributed by atoms with E-state index in [1.165, 1.54) is 44.6 Å². The summed E-state index contributed by atoms with van der Waals surface area (Å²) in [4.78, 5) is 34.0. The fourth-order valence-corrected chi connectivity index (χ4v) is 4.82. The van der Waals surface area contributed by atoms with Gasteiger partial charge in [0.15, 0.2) is 0 Å². The SMILES string of the molecule is CCOC(=O)/C=C(/N)CC1CCC(C)(C)CC1.CCOC(=O)CC(=O)CC1CCC(C)(C)CC1. The molecule has 2 aliphatic rings. The van der Waals surface area contributed by atoms with E-state index in [9.17, 15) is 14.4 Å². The lowest BCUT2D eigenvalue weighted by molar-refractivity contribution is -0.145.